The van der Waals surface area contributed by atoms with E-state index in [0.29, 0.717) is 17.5 Å². The summed E-state index contributed by atoms with van der Waals surface area (Å²) in [6.45, 7) is 6.04. The molecule has 0 bridgehead atoms. The van der Waals surface area contributed by atoms with E-state index in [9.17, 15) is 0 Å². The number of rotatable bonds is 3. The van der Waals surface area contributed by atoms with Gasteiger partial charge in [-0.15, -0.1) is 10.2 Å². The van der Waals surface area contributed by atoms with E-state index < -0.39 is 0 Å². The van der Waals surface area contributed by atoms with Gasteiger partial charge in [0.1, 0.15) is 17.1 Å². The molecule has 0 amide bonds. The van der Waals surface area contributed by atoms with Crippen molar-refractivity contribution in [3.05, 3.63) is 35.5 Å². The molecule has 0 saturated carbocycles. The second-order valence-electron chi connectivity index (χ2n) is 5.88. The highest BCUT2D eigenvalue weighted by molar-refractivity contribution is 5.44. The van der Waals surface area contributed by atoms with Crippen LogP contribution in [0.3, 0.4) is 0 Å². The first-order valence-electron chi connectivity index (χ1n) is 6.93. The summed E-state index contributed by atoms with van der Waals surface area (Å²) in [5.74, 6) is 2.44. The monoisotopic (exact) mass is 289 g/mol. The molecule has 1 aliphatic rings. The zero-order valence-corrected chi connectivity index (χ0v) is 12.4. The molecule has 1 aromatic heterocycles. The average Bonchev–Trinajstić information content (AvgIpc) is 2.80. The van der Waals surface area contributed by atoms with Gasteiger partial charge in [0.25, 0.3) is 5.89 Å². The normalized spacial score (nSPS) is 19.7. The molecule has 3 rings (SSSR count). The van der Waals surface area contributed by atoms with Gasteiger partial charge in [0.15, 0.2) is 6.61 Å². The predicted molar refractivity (Wildman–Crippen MR) is 76.1 cm³/mol. The van der Waals surface area contributed by atoms with Crippen LogP contribution in [0.25, 0.3) is 0 Å². The van der Waals surface area contributed by atoms with Crippen molar-refractivity contribution in [1.29, 1.82) is 0 Å². The van der Waals surface area contributed by atoms with Crippen LogP contribution in [0.1, 0.15) is 43.7 Å². The molecule has 0 aliphatic carbocycles. The summed E-state index contributed by atoms with van der Waals surface area (Å²) in [6.07, 6.45) is 0.793. The maximum absolute atomic E-state index is 6.19. The van der Waals surface area contributed by atoms with Crippen molar-refractivity contribution in [2.75, 3.05) is 0 Å². The van der Waals surface area contributed by atoms with Crippen molar-refractivity contribution < 1.29 is 13.9 Å². The van der Waals surface area contributed by atoms with Crippen LogP contribution in [-0.2, 0) is 6.61 Å². The number of nitrogens with two attached hydrogens (primary N) is 1. The van der Waals surface area contributed by atoms with Gasteiger partial charge in [-0.05, 0) is 19.9 Å². The number of hydrogen-bond acceptors (Lipinski definition) is 6. The van der Waals surface area contributed by atoms with Crippen LogP contribution in [0.15, 0.2) is 22.6 Å². The Labute approximate surface area is 123 Å². The van der Waals surface area contributed by atoms with Crippen molar-refractivity contribution in [2.24, 2.45) is 5.73 Å². The third kappa shape index (κ3) is 3.00. The molecular formula is C15H19N3O3. The number of aryl methyl sites for hydroxylation is 1. The lowest BCUT2D eigenvalue weighted by molar-refractivity contribution is 0.0723. The number of ether oxygens (including phenoxy) is 2. The van der Waals surface area contributed by atoms with Gasteiger partial charge in [-0.3, -0.25) is 0 Å². The van der Waals surface area contributed by atoms with Crippen LogP contribution in [-0.4, -0.2) is 15.8 Å². The van der Waals surface area contributed by atoms with Crippen molar-refractivity contribution in [3.8, 4) is 11.5 Å². The predicted octanol–water partition coefficient (Wildman–Crippen LogP) is 2.52. The summed E-state index contributed by atoms with van der Waals surface area (Å²) in [7, 11) is 0. The van der Waals surface area contributed by atoms with Crippen molar-refractivity contribution in [1.82, 2.24) is 10.2 Å². The molecule has 112 valence electrons. The molecule has 2 aromatic rings. The molecule has 1 aliphatic heterocycles. The second-order valence-corrected chi connectivity index (χ2v) is 5.88. The first-order valence-corrected chi connectivity index (χ1v) is 6.93. The van der Waals surface area contributed by atoms with Crippen LogP contribution in [0.4, 0.5) is 0 Å². The van der Waals surface area contributed by atoms with Crippen LogP contribution in [0, 0.1) is 6.92 Å². The minimum Gasteiger partial charge on any atom is -0.487 e. The van der Waals surface area contributed by atoms with Gasteiger partial charge in [-0.2, -0.15) is 0 Å². The summed E-state index contributed by atoms with van der Waals surface area (Å²) >= 11 is 0. The zero-order valence-electron chi connectivity index (χ0n) is 12.4. The van der Waals surface area contributed by atoms with Crippen molar-refractivity contribution >= 4 is 0 Å². The fraction of sp³-hybridized carbons (Fsp3) is 0.467. The fourth-order valence-electron chi connectivity index (χ4n) is 2.52. The Kier molecular flexibility index (Phi) is 3.33. The van der Waals surface area contributed by atoms with E-state index in [1.807, 2.05) is 32.0 Å². The topological polar surface area (TPSA) is 83.4 Å². The van der Waals surface area contributed by atoms with Crippen LogP contribution >= 0.6 is 0 Å². The lowest BCUT2D eigenvalue weighted by Gasteiger charge is -2.36. The van der Waals surface area contributed by atoms with Crippen LogP contribution in [0.5, 0.6) is 11.5 Å². The molecule has 21 heavy (non-hydrogen) atoms. The molecular weight excluding hydrogens is 270 g/mol. The Bertz CT molecular complexity index is 651. The summed E-state index contributed by atoms with van der Waals surface area (Å²) in [6, 6.07) is 5.67. The third-order valence-electron chi connectivity index (χ3n) is 3.41. The van der Waals surface area contributed by atoms with E-state index in [1.54, 1.807) is 6.92 Å². The third-order valence-corrected chi connectivity index (χ3v) is 3.41. The van der Waals surface area contributed by atoms with E-state index in [1.165, 1.54) is 0 Å². The van der Waals surface area contributed by atoms with Gasteiger partial charge in [-0.1, -0.05) is 6.07 Å². The van der Waals surface area contributed by atoms with E-state index in [4.69, 9.17) is 19.6 Å². The smallest absolute Gasteiger partial charge is 0.253 e. The Balaban J connectivity index is 1.76. The lowest BCUT2D eigenvalue weighted by atomic mass is 9.90. The lowest BCUT2D eigenvalue weighted by Crippen LogP contribution is -2.37. The number of benzene rings is 1. The molecule has 0 spiro atoms. The van der Waals surface area contributed by atoms with E-state index >= 15 is 0 Å². The SMILES string of the molecule is Cc1nnc(COc2ccc3c(c2)OC(C)(C)CC3N)o1. The summed E-state index contributed by atoms with van der Waals surface area (Å²) < 4.78 is 16.9. The van der Waals surface area contributed by atoms with Gasteiger partial charge < -0.3 is 19.6 Å². The summed E-state index contributed by atoms with van der Waals surface area (Å²) in [5, 5.41) is 7.65. The highest BCUT2D eigenvalue weighted by Crippen LogP contribution is 2.40. The standard InChI is InChI=1S/C15H19N3O3/c1-9-17-18-14(20-9)8-19-10-4-5-11-12(16)7-15(2,3)21-13(11)6-10/h4-6,12H,7-8,16H2,1-3H3. The average molecular weight is 289 g/mol. The van der Waals surface area contributed by atoms with E-state index in [0.717, 1.165) is 17.7 Å². The molecule has 6 heteroatoms. The Hall–Kier alpha value is -2.08. The summed E-state index contributed by atoms with van der Waals surface area (Å²) in [5.41, 5.74) is 6.93. The zero-order chi connectivity index (χ0) is 15.0. The van der Waals surface area contributed by atoms with Gasteiger partial charge in [0.2, 0.25) is 5.89 Å². The van der Waals surface area contributed by atoms with Gasteiger partial charge in [0, 0.05) is 31.0 Å². The van der Waals surface area contributed by atoms with Crippen LogP contribution < -0.4 is 15.2 Å². The summed E-state index contributed by atoms with van der Waals surface area (Å²) in [4.78, 5) is 0. The maximum atomic E-state index is 6.19. The Morgan fingerprint density at radius 2 is 2.19 bits per heavy atom. The first kappa shape index (κ1) is 13.9. The highest BCUT2D eigenvalue weighted by Gasteiger charge is 2.31. The fourth-order valence-corrected chi connectivity index (χ4v) is 2.52. The largest absolute Gasteiger partial charge is 0.487 e. The van der Waals surface area contributed by atoms with Crippen molar-refractivity contribution in [3.63, 3.8) is 0 Å². The number of fused-ring (bicyclic) bond motifs is 1. The Morgan fingerprint density at radius 1 is 1.38 bits per heavy atom. The van der Waals surface area contributed by atoms with E-state index in [-0.39, 0.29) is 18.2 Å². The molecule has 2 heterocycles. The quantitative estimate of drug-likeness (QED) is 0.934. The molecule has 0 radical (unpaired) electrons. The minimum absolute atomic E-state index is 0.0172. The molecule has 0 saturated heterocycles. The number of hydrogen-bond donors (Lipinski definition) is 1. The number of nitrogens with zero attached hydrogens (tertiary/aromatic N) is 2. The molecule has 0 fully saturated rings. The van der Waals surface area contributed by atoms with Crippen LogP contribution in [0.2, 0.25) is 0 Å². The molecule has 1 unspecified atom stereocenters. The molecule has 6 nitrogen and oxygen atoms in total. The molecule has 2 N–H and O–H groups in total. The van der Waals surface area contributed by atoms with Gasteiger partial charge in [0.05, 0.1) is 0 Å². The van der Waals surface area contributed by atoms with E-state index in [2.05, 4.69) is 10.2 Å². The first-order chi connectivity index (χ1) is 9.93. The Morgan fingerprint density at radius 3 is 2.90 bits per heavy atom. The molecule has 1 aromatic carbocycles. The molecule has 1 atom stereocenters. The van der Waals surface area contributed by atoms with Gasteiger partial charge >= 0.3 is 0 Å². The second kappa shape index (κ2) is 5.04. The maximum Gasteiger partial charge on any atom is 0.253 e. The number of aromatic nitrogens is 2. The minimum atomic E-state index is -0.269. The van der Waals surface area contributed by atoms with Crippen molar-refractivity contribution in [2.45, 2.75) is 45.4 Å². The van der Waals surface area contributed by atoms with Gasteiger partial charge in [-0.25, -0.2) is 0 Å². The highest BCUT2D eigenvalue weighted by atomic mass is 16.5.